The van der Waals surface area contributed by atoms with Crippen LogP contribution >= 0.6 is 22.9 Å². The maximum absolute atomic E-state index is 6.31. The molecule has 0 bridgehead atoms. The summed E-state index contributed by atoms with van der Waals surface area (Å²) < 4.78 is 0. The summed E-state index contributed by atoms with van der Waals surface area (Å²) in [5.41, 5.74) is 1.12. The Kier molecular flexibility index (Phi) is 4.97. The van der Waals surface area contributed by atoms with Crippen molar-refractivity contribution in [1.82, 2.24) is 14.9 Å². The Balaban J connectivity index is 1.37. The Labute approximate surface area is 156 Å². The lowest BCUT2D eigenvalue weighted by Gasteiger charge is -2.34. The fraction of sp³-hybridized carbons (Fsp3) is 0.263. The monoisotopic (exact) mass is 370 g/mol. The molecule has 3 heterocycles. The number of hydrogen-bond acceptors (Lipinski definition) is 5. The first-order valence-corrected chi connectivity index (χ1v) is 9.57. The van der Waals surface area contributed by atoms with Gasteiger partial charge in [0.2, 0.25) is 5.95 Å². The van der Waals surface area contributed by atoms with E-state index < -0.39 is 0 Å². The predicted octanol–water partition coefficient (Wildman–Crippen LogP) is 4.18. The molecule has 6 heteroatoms. The zero-order valence-electron chi connectivity index (χ0n) is 13.8. The molecule has 0 atom stereocenters. The van der Waals surface area contributed by atoms with Crippen LogP contribution < -0.4 is 4.90 Å². The molecule has 0 unspecified atom stereocenters. The smallest absolute Gasteiger partial charge is 0.225 e. The van der Waals surface area contributed by atoms with E-state index in [9.17, 15) is 0 Å². The molecule has 0 radical (unpaired) electrons. The standard InChI is InChI=1S/C19H19ClN4S/c20-17-5-2-1-4-16(17)18-7-6-15(25-18)14-23-10-12-24(13-11-23)19-21-8-3-9-22-19/h1-9H,10-14H2. The second kappa shape index (κ2) is 7.52. The van der Waals surface area contributed by atoms with E-state index in [4.69, 9.17) is 11.6 Å². The molecule has 0 aliphatic carbocycles. The van der Waals surface area contributed by atoms with Crippen LogP contribution in [0.5, 0.6) is 0 Å². The van der Waals surface area contributed by atoms with Crippen molar-refractivity contribution in [2.75, 3.05) is 31.1 Å². The number of aromatic nitrogens is 2. The Morgan fingerprint density at radius 3 is 2.44 bits per heavy atom. The summed E-state index contributed by atoms with van der Waals surface area (Å²) >= 11 is 8.14. The van der Waals surface area contributed by atoms with Crippen LogP contribution in [0.15, 0.2) is 54.9 Å². The SMILES string of the molecule is Clc1ccccc1-c1ccc(CN2CCN(c3ncccn3)CC2)s1. The van der Waals surface area contributed by atoms with Crippen molar-refractivity contribution in [2.45, 2.75) is 6.54 Å². The maximum Gasteiger partial charge on any atom is 0.225 e. The number of nitrogens with zero attached hydrogens (tertiary/aromatic N) is 4. The van der Waals surface area contributed by atoms with Crippen molar-refractivity contribution in [3.63, 3.8) is 0 Å². The second-order valence-corrected chi connectivity index (χ2v) is 7.63. The van der Waals surface area contributed by atoms with E-state index in [0.29, 0.717) is 0 Å². The van der Waals surface area contributed by atoms with E-state index in [2.05, 4.69) is 38.0 Å². The van der Waals surface area contributed by atoms with Gasteiger partial charge in [-0.25, -0.2) is 9.97 Å². The minimum absolute atomic E-state index is 0.812. The fourth-order valence-electron chi connectivity index (χ4n) is 3.05. The first-order chi connectivity index (χ1) is 12.3. The average Bonchev–Trinajstić information content (AvgIpc) is 3.12. The molecule has 0 saturated carbocycles. The van der Waals surface area contributed by atoms with Crippen molar-refractivity contribution in [2.24, 2.45) is 0 Å². The lowest BCUT2D eigenvalue weighted by atomic mass is 10.2. The van der Waals surface area contributed by atoms with Crippen LogP contribution in [0.4, 0.5) is 5.95 Å². The van der Waals surface area contributed by atoms with E-state index >= 15 is 0 Å². The van der Waals surface area contributed by atoms with E-state index in [1.807, 2.05) is 35.6 Å². The highest BCUT2D eigenvalue weighted by atomic mass is 35.5. The number of halogens is 1. The number of rotatable bonds is 4. The molecule has 1 aromatic carbocycles. The van der Waals surface area contributed by atoms with E-state index in [1.54, 1.807) is 12.4 Å². The molecule has 0 N–H and O–H groups in total. The van der Waals surface area contributed by atoms with Gasteiger partial charge >= 0.3 is 0 Å². The molecular weight excluding hydrogens is 352 g/mol. The topological polar surface area (TPSA) is 32.3 Å². The van der Waals surface area contributed by atoms with Gasteiger partial charge in [-0.15, -0.1) is 11.3 Å². The number of anilines is 1. The van der Waals surface area contributed by atoms with Crippen molar-refractivity contribution in [3.8, 4) is 10.4 Å². The van der Waals surface area contributed by atoms with Gasteiger partial charge < -0.3 is 4.90 Å². The molecule has 128 valence electrons. The fourth-order valence-corrected chi connectivity index (χ4v) is 4.43. The number of hydrogen-bond donors (Lipinski definition) is 0. The highest BCUT2D eigenvalue weighted by molar-refractivity contribution is 7.15. The lowest BCUT2D eigenvalue weighted by molar-refractivity contribution is 0.251. The summed E-state index contributed by atoms with van der Waals surface area (Å²) in [6, 6.07) is 14.3. The maximum atomic E-state index is 6.31. The van der Waals surface area contributed by atoms with Gasteiger partial charge in [0.15, 0.2) is 0 Å². The highest BCUT2D eigenvalue weighted by Crippen LogP contribution is 2.33. The molecule has 0 spiro atoms. The molecule has 4 nitrogen and oxygen atoms in total. The van der Waals surface area contributed by atoms with Gasteiger partial charge in [-0.05, 0) is 24.3 Å². The van der Waals surface area contributed by atoms with Crippen molar-refractivity contribution < 1.29 is 0 Å². The van der Waals surface area contributed by atoms with Gasteiger partial charge in [-0.3, -0.25) is 4.90 Å². The largest absolute Gasteiger partial charge is 0.338 e. The van der Waals surface area contributed by atoms with Gasteiger partial charge in [0.25, 0.3) is 0 Å². The Morgan fingerprint density at radius 2 is 1.68 bits per heavy atom. The molecule has 4 rings (SSSR count). The second-order valence-electron chi connectivity index (χ2n) is 6.06. The van der Waals surface area contributed by atoms with Gasteiger partial charge in [0, 0.05) is 65.5 Å². The summed E-state index contributed by atoms with van der Waals surface area (Å²) in [6.07, 6.45) is 3.60. The van der Waals surface area contributed by atoms with Gasteiger partial charge in [0.1, 0.15) is 0 Å². The van der Waals surface area contributed by atoms with Crippen LogP contribution in [0, 0.1) is 0 Å². The van der Waals surface area contributed by atoms with Gasteiger partial charge in [-0.2, -0.15) is 0 Å². The van der Waals surface area contributed by atoms with Crippen molar-refractivity contribution >= 4 is 28.9 Å². The van der Waals surface area contributed by atoms with Gasteiger partial charge in [0.05, 0.1) is 0 Å². The predicted molar refractivity (Wildman–Crippen MR) is 104 cm³/mol. The van der Waals surface area contributed by atoms with E-state index in [1.165, 1.54) is 9.75 Å². The Hall–Kier alpha value is -1.95. The third kappa shape index (κ3) is 3.84. The van der Waals surface area contributed by atoms with Crippen LogP contribution in [0.3, 0.4) is 0 Å². The molecule has 1 fully saturated rings. The minimum atomic E-state index is 0.812. The Morgan fingerprint density at radius 1 is 0.920 bits per heavy atom. The third-order valence-corrected chi connectivity index (χ3v) is 5.82. The first kappa shape index (κ1) is 16.5. The van der Waals surface area contributed by atoms with Crippen LogP contribution in [0.1, 0.15) is 4.88 Å². The molecule has 0 amide bonds. The molecule has 1 aliphatic rings. The molecule has 1 saturated heterocycles. The molecule has 1 aliphatic heterocycles. The van der Waals surface area contributed by atoms with Crippen molar-refractivity contribution in [3.05, 3.63) is 64.8 Å². The average molecular weight is 371 g/mol. The number of thiophene rings is 1. The van der Waals surface area contributed by atoms with Crippen molar-refractivity contribution in [1.29, 1.82) is 0 Å². The molecular formula is C19H19ClN4S. The normalized spacial score (nSPS) is 15.5. The van der Waals surface area contributed by atoms with Crippen LogP contribution in [0.2, 0.25) is 5.02 Å². The molecule has 2 aromatic heterocycles. The number of piperazine rings is 1. The Bertz CT molecular complexity index is 828. The zero-order chi connectivity index (χ0) is 17.1. The minimum Gasteiger partial charge on any atom is -0.338 e. The first-order valence-electron chi connectivity index (χ1n) is 8.37. The van der Waals surface area contributed by atoms with Crippen LogP contribution in [-0.2, 0) is 6.54 Å². The summed E-state index contributed by atoms with van der Waals surface area (Å²) in [6.45, 7) is 4.97. The summed E-state index contributed by atoms with van der Waals surface area (Å²) in [4.78, 5) is 16.0. The summed E-state index contributed by atoms with van der Waals surface area (Å²) in [5, 5.41) is 0.812. The molecule has 3 aromatic rings. The summed E-state index contributed by atoms with van der Waals surface area (Å²) in [5.74, 6) is 0.833. The van der Waals surface area contributed by atoms with E-state index in [-0.39, 0.29) is 0 Å². The summed E-state index contributed by atoms with van der Waals surface area (Å²) in [7, 11) is 0. The van der Waals surface area contributed by atoms with Crippen LogP contribution in [-0.4, -0.2) is 41.0 Å². The van der Waals surface area contributed by atoms with Gasteiger partial charge in [-0.1, -0.05) is 29.8 Å². The van der Waals surface area contributed by atoms with E-state index in [0.717, 1.165) is 49.3 Å². The third-order valence-electron chi connectivity index (χ3n) is 4.39. The quantitative estimate of drug-likeness (QED) is 0.689. The molecule has 25 heavy (non-hydrogen) atoms. The van der Waals surface area contributed by atoms with Crippen LogP contribution in [0.25, 0.3) is 10.4 Å². The number of benzene rings is 1. The lowest BCUT2D eigenvalue weighted by Crippen LogP contribution is -2.46. The highest BCUT2D eigenvalue weighted by Gasteiger charge is 2.19. The zero-order valence-corrected chi connectivity index (χ0v) is 15.4.